The highest BCUT2D eigenvalue weighted by atomic mass is 14.7. The van der Waals surface area contributed by atoms with E-state index in [4.69, 9.17) is 5.73 Å². The molecule has 0 amide bonds. The van der Waals surface area contributed by atoms with Gasteiger partial charge < -0.3 is 5.73 Å². The van der Waals surface area contributed by atoms with Gasteiger partial charge in [0, 0.05) is 12.0 Å². The van der Waals surface area contributed by atoms with E-state index in [0.717, 1.165) is 0 Å². The monoisotopic (exact) mass is 147 g/mol. The maximum absolute atomic E-state index is 5.75. The van der Waals surface area contributed by atoms with E-state index < -0.39 is 0 Å². The van der Waals surface area contributed by atoms with Crippen molar-refractivity contribution in [2.75, 3.05) is 0 Å². The molecule has 0 saturated heterocycles. The maximum Gasteiger partial charge on any atom is 0.0115 e. The van der Waals surface area contributed by atoms with Crippen molar-refractivity contribution in [1.29, 1.82) is 0 Å². The molecule has 0 radical (unpaired) electrons. The Labute approximate surface area is 67.2 Å². The lowest BCUT2D eigenvalue weighted by Crippen LogP contribution is -2.00. The fraction of sp³-hybridized carbons (Fsp3) is 0.400. The van der Waals surface area contributed by atoms with E-state index in [1.54, 1.807) is 0 Å². The second kappa shape index (κ2) is 2.35. The van der Waals surface area contributed by atoms with E-state index in [1.807, 2.05) is 0 Å². The van der Waals surface area contributed by atoms with Crippen LogP contribution in [0.4, 0.5) is 0 Å². The van der Waals surface area contributed by atoms with Crippen molar-refractivity contribution in [2.45, 2.75) is 25.3 Å². The van der Waals surface area contributed by atoms with Gasteiger partial charge >= 0.3 is 0 Å². The predicted octanol–water partition coefficient (Wildman–Crippen LogP) is 1.81. The van der Waals surface area contributed by atoms with Gasteiger partial charge in [-0.15, -0.1) is 0 Å². The van der Waals surface area contributed by atoms with Crippen molar-refractivity contribution in [3.63, 3.8) is 0 Å². The standard InChI is InChI=1S/C10H13N/c1-7-3-2-4-8(5-7)9-6-10(9)11/h2-5,9-10H,6,11H2,1H3/t9-,10-/m1/s1. The summed E-state index contributed by atoms with van der Waals surface area (Å²) in [5, 5.41) is 0. The van der Waals surface area contributed by atoms with Gasteiger partial charge in [0.05, 0.1) is 0 Å². The fourth-order valence-electron chi connectivity index (χ4n) is 1.50. The van der Waals surface area contributed by atoms with Crippen LogP contribution >= 0.6 is 0 Å². The number of hydrogen-bond acceptors (Lipinski definition) is 1. The zero-order valence-electron chi connectivity index (χ0n) is 6.75. The fourth-order valence-corrected chi connectivity index (χ4v) is 1.50. The number of nitrogens with two attached hydrogens (primary N) is 1. The highest BCUT2D eigenvalue weighted by molar-refractivity contribution is 5.30. The van der Waals surface area contributed by atoms with E-state index in [2.05, 4.69) is 31.2 Å². The normalized spacial score (nSPS) is 28.5. The first-order chi connectivity index (χ1) is 5.27. The van der Waals surface area contributed by atoms with Gasteiger partial charge in [-0.25, -0.2) is 0 Å². The molecule has 2 N–H and O–H groups in total. The summed E-state index contributed by atoms with van der Waals surface area (Å²) in [7, 11) is 0. The van der Waals surface area contributed by atoms with E-state index in [9.17, 15) is 0 Å². The number of hydrogen-bond donors (Lipinski definition) is 1. The van der Waals surface area contributed by atoms with E-state index in [1.165, 1.54) is 17.5 Å². The van der Waals surface area contributed by atoms with Gasteiger partial charge in [-0.2, -0.15) is 0 Å². The zero-order valence-corrected chi connectivity index (χ0v) is 6.75. The van der Waals surface area contributed by atoms with Crippen molar-refractivity contribution in [2.24, 2.45) is 5.73 Å². The molecule has 1 nitrogen and oxygen atoms in total. The van der Waals surface area contributed by atoms with Gasteiger partial charge in [0.1, 0.15) is 0 Å². The van der Waals surface area contributed by atoms with Crippen LogP contribution in [0.1, 0.15) is 23.5 Å². The Balaban J connectivity index is 2.25. The van der Waals surface area contributed by atoms with Crippen LogP contribution < -0.4 is 5.73 Å². The Hall–Kier alpha value is -0.820. The van der Waals surface area contributed by atoms with Crippen LogP contribution in [-0.2, 0) is 0 Å². The third-order valence-corrected chi connectivity index (χ3v) is 2.31. The number of benzene rings is 1. The average molecular weight is 147 g/mol. The molecule has 1 aliphatic rings. The Kier molecular flexibility index (Phi) is 1.46. The van der Waals surface area contributed by atoms with E-state index >= 15 is 0 Å². The summed E-state index contributed by atoms with van der Waals surface area (Å²) >= 11 is 0. The van der Waals surface area contributed by atoms with Crippen molar-refractivity contribution in [1.82, 2.24) is 0 Å². The molecule has 0 heterocycles. The topological polar surface area (TPSA) is 26.0 Å². The van der Waals surface area contributed by atoms with Gasteiger partial charge in [0.15, 0.2) is 0 Å². The molecule has 1 heteroatoms. The summed E-state index contributed by atoms with van der Waals surface area (Å²) in [5.74, 6) is 0.648. The molecule has 2 rings (SSSR count). The SMILES string of the molecule is Cc1cccc([C@H]2C[C@H]2N)c1. The summed E-state index contributed by atoms with van der Waals surface area (Å²) in [6, 6.07) is 9.06. The molecule has 1 aromatic carbocycles. The molecule has 0 bridgehead atoms. The molecule has 2 atom stereocenters. The number of aryl methyl sites for hydroxylation is 1. The first kappa shape index (κ1) is 6.86. The average Bonchev–Trinajstić information content (AvgIpc) is 2.67. The summed E-state index contributed by atoms with van der Waals surface area (Å²) < 4.78 is 0. The first-order valence-electron chi connectivity index (χ1n) is 4.09. The lowest BCUT2D eigenvalue weighted by Gasteiger charge is -1.98. The Bertz CT molecular complexity index is 267. The van der Waals surface area contributed by atoms with Crippen LogP contribution in [0.15, 0.2) is 24.3 Å². The lowest BCUT2D eigenvalue weighted by atomic mass is 10.1. The van der Waals surface area contributed by atoms with Crippen molar-refractivity contribution in [3.05, 3.63) is 35.4 Å². The third-order valence-electron chi connectivity index (χ3n) is 2.31. The Morgan fingerprint density at radius 2 is 2.18 bits per heavy atom. The molecule has 1 saturated carbocycles. The van der Waals surface area contributed by atoms with E-state index in [0.29, 0.717) is 12.0 Å². The Morgan fingerprint density at radius 3 is 2.73 bits per heavy atom. The molecule has 1 aromatic rings. The van der Waals surface area contributed by atoms with Crippen LogP contribution in [0.25, 0.3) is 0 Å². The highest BCUT2D eigenvalue weighted by Crippen LogP contribution is 2.38. The molecular weight excluding hydrogens is 134 g/mol. The minimum atomic E-state index is 0.428. The molecule has 0 aromatic heterocycles. The largest absolute Gasteiger partial charge is 0.327 e. The Morgan fingerprint density at radius 1 is 1.45 bits per heavy atom. The summed E-state index contributed by atoms with van der Waals surface area (Å²) in [6.45, 7) is 2.12. The lowest BCUT2D eigenvalue weighted by molar-refractivity contribution is 0.988. The van der Waals surface area contributed by atoms with Crippen LogP contribution in [0.2, 0.25) is 0 Å². The van der Waals surface area contributed by atoms with Gasteiger partial charge in [-0.1, -0.05) is 29.8 Å². The van der Waals surface area contributed by atoms with Gasteiger partial charge in [0.25, 0.3) is 0 Å². The highest BCUT2D eigenvalue weighted by Gasteiger charge is 2.34. The second-order valence-corrected chi connectivity index (χ2v) is 3.42. The van der Waals surface area contributed by atoms with Gasteiger partial charge in [-0.05, 0) is 18.9 Å². The molecule has 11 heavy (non-hydrogen) atoms. The summed E-state index contributed by atoms with van der Waals surface area (Å²) in [5.41, 5.74) is 8.50. The summed E-state index contributed by atoms with van der Waals surface area (Å²) in [4.78, 5) is 0. The van der Waals surface area contributed by atoms with Crippen molar-refractivity contribution in [3.8, 4) is 0 Å². The van der Waals surface area contributed by atoms with E-state index in [-0.39, 0.29) is 0 Å². The quantitative estimate of drug-likeness (QED) is 0.644. The minimum Gasteiger partial charge on any atom is -0.327 e. The first-order valence-corrected chi connectivity index (χ1v) is 4.09. The molecule has 0 unspecified atom stereocenters. The molecule has 58 valence electrons. The molecule has 1 fully saturated rings. The zero-order chi connectivity index (χ0) is 7.84. The molecular formula is C10H13N. The molecule has 0 aliphatic heterocycles. The predicted molar refractivity (Wildman–Crippen MR) is 46.5 cm³/mol. The van der Waals surface area contributed by atoms with Crippen LogP contribution in [0.5, 0.6) is 0 Å². The van der Waals surface area contributed by atoms with Crippen molar-refractivity contribution < 1.29 is 0 Å². The van der Waals surface area contributed by atoms with Crippen LogP contribution in [-0.4, -0.2) is 6.04 Å². The van der Waals surface area contributed by atoms with Crippen LogP contribution in [0, 0.1) is 6.92 Å². The second-order valence-electron chi connectivity index (χ2n) is 3.42. The van der Waals surface area contributed by atoms with Gasteiger partial charge in [0.2, 0.25) is 0 Å². The minimum absolute atomic E-state index is 0.428. The number of rotatable bonds is 1. The summed E-state index contributed by atoms with van der Waals surface area (Å²) in [6.07, 6.45) is 1.17. The molecule has 1 aliphatic carbocycles. The maximum atomic E-state index is 5.75. The smallest absolute Gasteiger partial charge is 0.0115 e. The third kappa shape index (κ3) is 1.29. The van der Waals surface area contributed by atoms with Crippen molar-refractivity contribution >= 4 is 0 Å². The molecule has 0 spiro atoms. The van der Waals surface area contributed by atoms with Gasteiger partial charge in [-0.3, -0.25) is 0 Å². The van der Waals surface area contributed by atoms with Crippen LogP contribution in [0.3, 0.4) is 0 Å².